The van der Waals surface area contributed by atoms with Gasteiger partial charge in [-0.3, -0.25) is 0 Å². The summed E-state index contributed by atoms with van der Waals surface area (Å²) in [6, 6.07) is 5.77. The molecule has 0 amide bonds. The molecule has 1 aromatic rings. The minimum atomic E-state index is 0.615. The first-order valence-electron chi connectivity index (χ1n) is 4.62. The topological polar surface area (TPSA) is 12.0 Å². The fourth-order valence-electron chi connectivity index (χ4n) is 1.56. The summed E-state index contributed by atoms with van der Waals surface area (Å²) in [5.41, 5.74) is 2.48. The molecule has 0 saturated heterocycles. The lowest BCUT2D eigenvalue weighted by Crippen LogP contribution is -2.09. The molecule has 1 aromatic carbocycles. The minimum Gasteiger partial charge on any atom is -0.388 e. The Hall–Kier alpha value is -0.660. The molecule has 0 fully saturated rings. The highest BCUT2D eigenvalue weighted by Gasteiger charge is 2.05. The zero-order chi connectivity index (χ0) is 9.97. The van der Waals surface area contributed by atoms with Crippen molar-refractivity contribution in [3.8, 4) is 0 Å². The standard InChI is InChI=1S/C11H11Cl2N/c12-10-4-3-8(7-11(10)13)6-9-2-1-5-14-9/h2-4,7,14H,1,5-6H2. The second-order valence-electron chi connectivity index (χ2n) is 3.37. The van der Waals surface area contributed by atoms with Gasteiger partial charge in [-0.2, -0.15) is 0 Å². The van der Waals surface area contributed by atoms with Crippen LogP contribution in [0.3, 0.4) is 0 Å². The van der Waals surface area contributed by atoms with Crippen LogP contribution < -0.4 is 5.32 Å². The SMILES string of the molecule is Clc1ccc(CC2=CCCN2)cc1Cl. The smallest absolute Gasteiger partial charge is 0.0595 e. The lowest BCUT2D eigenvalue weighted by Gasteiger charge is -2.05. The molecule has 0 spiro atoms. The van der Waals surface area contributed by atoms with E-state index in [4.69, 9.17) is 23.2 Å². The van der Waals surface area contributed by atoms with Gasteiger partial charge in [-0.05, 0) is 24.1 Å². The summed E-state index contributed by atoms with van der Waals surface area (Å²) >= 11 is 11.8. The first-order valence-corrected chi connectivity index (χ1v) is 5.38. The predicted octanol–water partition coefficient (Wildman–Crippen LogP) is 3.41. The van der Waals surface area contributed by atoms with Crippen LogP contribution in [0.25, 0.3) is 0 Å². The van der Waals surface area contributed by atoms with Crippen LogP contribution in [0.4, 0.5) is 0 Å². The molecule has 0 atom stereocenters. The normalized spacial score (nSPS) is 15.1. The summed E-state index contributed by atoms with van der Waals surface area (Å²) in [6.07, 6.45) is 4.26. The third-order valence-corrected chi connectivity index (χ3v) is 3.00. The van der Waals surface area contributed by atoms with Crippen LogP contribution in [0.15, 0.2) is 30.0 Å². The monoisotopic (exact) mass is 227 g/mol. The van der Waals surface area contributed by atoms with Crippen molar-refractivity contribution in [3.63, 3.8) is 0 Å². The van der Waals surface area contributed by atoms with Crippen LogP contribution in [0.1, 0.15) is 12.0 Å². The van der Waals surface area contributed by atoms with Gasteiger partial charge in [0.15, 0.2) is 0 Å². The molecule has 14 heavy (non-hydrogen) atoms. The van der Waals surface area contributed by atoms with Crippen molar-refractivity contribution in [1.29, 1.82) is 0 Å². The molecule has 0 aromatic heterocycles. The fourth-order valence-corrected chi connectivity index (χ4v) is 1.88. The molecule has 3 heteroatoms. The Morgan fingerprint density at radius 1 is 1.21 bits per heavy atom. The maximum absolute atomic E-state index is 5.93. The number of allylic oxidation sites excluding steroid dienone is 1. The van der Waals surface area contributed by atoms with E-state index in [-0.39, 0.29) is 0 Å². The van der Waals surface area contributed by atoms with Crippen LogP contribution in [-0.2, 0) is 6.42 Å². The van der Waals surface area contributed by atoms with Crippen molar-refractivity contribution in [2.45, 2.75) is 12.8 Å². The average Bonchev–Trinajstić information content (AvgIpc) is 2.64. The second-order valence-corrected chi connectivity index (χ2v) is 4.18. The van der Waals surface area contributed by atoms with Gasteiger partial charge in [0.1, 0.15) is 0 Å². The van der Waals surface area contributed by atoms with Gasteiger partial charge in [-0.1, -0.05) is 35.3 Å². The number of hydrogen-bond acceptors (Lipinski definition) is 1. The van der Waals surface area contributed by atoms with Gasteiger partial charge in [0, 0.05) is 18.7 Å². The molecular formula is C11H11Cl2N. The molecule has 0 unspecified atom stereocenters. The van der Waals surface area contributed by atoms with Gasteiger partial charge < -0.3 is 5.32 Å². The third kappa shape index (κ3) is 2.23. The Morgan fingerprint density at radius 3 is 2.71 bits per heavy atom. The molecule has 2 rings (SSSR count). The highest BCUT2D eigenvalue weighted by Crippen LogP contribution is 2.23. The molecule has 0 bridgehead atoms. The number of halogens is 2. The largest absolute Gasteiger partial charge is 0.388 e. The molecule has 1 N–H and O–H groups in total. The second kappa shape index (κ2) is 4.24. The Labute approximate surface area is 93.7 Å². The summed E-state index contributed by atoms with van der Waals surface area (Å²) in [5.74, 6) is 0. The summed E-state index contributed by atoms with van der Waals surface area (Å²) < 4.78 is 0. The molecular weight excluding hydrogens is 217 g/mol. The van der Waals surface area contributed by atoms with Crippen molar-refractivity contribution in [2.75, 3.05) is 6.54 Å². The zero-order valence-electron chi connectivity index (χ0n) is 7.69. The van der Waals surface area contributed by atoms with E-state index in [9.17, 15) is 0 Å². The van der Waals surface area contributed by atoms with Crippen molar-refractivity contribution in [1.82, 2.24) is 5.32 Å². The van der Waals surface area contributed by atoms with Crippen molar-refractivity contribution in [2.24, 2.45) is 0 Å². The number of rotatable bonds is 2. The van der Waals surface area contributed by atoms with Crippen molar-refractivity contribution >= 4 is 23.2 Å². The third-order valence-electron chi connectivity index (χ3n) is 2.27. The summed E-state index contributed by atoms with van der Waals surface area (Å²) in [6.45, 7) is 1.05. The van der Waals surface area contributed by atoms with E-state index in [1.165, 1.54) is 11.3 Å². The van der Waals surface area contributed by atoms with E-state index in [1.54, 1.807) is 0 Å². The maximum atomic E-state index is 5.93. The van der Waals surface area contributed by atoms with Gasteiger partial charge >= 0.3 is 0 Å². The summed E-state index contributed by atoms with van der Waals surface area (Å²) in [5, 5.41) is 4.57. The van der Waals surface area contributed by atoms with Gasteiger partial charge in [-0.15, -0.1) is 0 Å². The van der Waals surface area contributed by atoms with E-state index >= 15 is 0 Å². The Balaban J connectivity index is 2.13. The quantitative estimate of drug-likeness (QED) is 0.817. The fraction of sp³-hybridized carbons (Fsp3) is 0.273. The first-order chi connectivity index (χ1) is 6.75. The van der Waals surface area contributed by atoms with Crippen LogP contribution in [0.5, 0.6) is 0 Å². The van der Waals surface area contributed by atoms with E-state index in [2.05, 4.69) is 11.4 Å². The van der Waals surface area contributed by atoms with E-state index < -0.39 is 0 Å². The van der Waals surface area contributed by atoms with Crippen molar-refractivity contribution < 1.29 is 0 Å². The van der Waals surface area contributed by atoms with Crippen LogP contribution in [0, 0.1) is 0 Å². The number of hydrogen-bond donors (Lipinski definition) is 1. The lowest BCUT2D eigenvalue weighted by molar-refractivity contribution is 0.847. The summed E-state index contributed by atoms with van der Waals surface area (Å²) in [7, 11) is 0. The molecule has 1 heterocycles. The van der Waals surface area contributed by atoms with Gasteiger partial charge in [0.25, 0.3) is 0 Å². The first kappa shape index (κ1) is 9.88. The van der Waals surface area contributed by atoms with Crippen LogP contribution in [-0.4, -0.2) is 6.54 Å². The molecule has 1 aliphatic heterocycles. The average molecular weight is 228 g/mol. The van der Waals surface area contributed by atoms with Gasteiger partial charge in [0.2, 0.25) is 0 Å². The van der Waals surface area contributed by atoms with E-state index in [1.807, 2.05) is 18.2 Å². The molecule has 74 valence electrons. The Kier molecular flexibility index (Phi) is 2.99. The summed E-state index contributed by atoms with van der Waals surface area (Å²) in [4.78, 5) is 0. The highest BCUT2D eigenvalue weighted by molar-refractivity contribution is 6.42. The molecule has 1 aliphatic rings. The van der Waals surface area contributed by atoms with Crippen LogP contribution >= 0.6 is 23.2 Å². The number of benzene rings is 1. The van der Waals surface area contributed by atoms with E-state index in [0.29, 0.717) is 10.0 Å². The zero-order valence-corrected chi connectivity index (χ0v) is 9.20. The highest BCUT2D eigenvalue weighted by atomic mass is 35.5. The minimum absolute atomic E-state index is 0.615. The predicted molar refractivity (Wildman–Crippen MR) is 60.9 cm³/mol. The lowest BCUT2D eigenvalue weighted by atomic mass is 10.1. The van der Waals surface area contributed by atoms with Gasteiger partial charge in [0.05, 0.1) is 10.0 Å². The molecule has 0 saturated carbocycles. The maximum Gasteiger partial charge on any atom is 0.0595 e. The van der Waals surface area contributed by atoms with E-state index in [0.717, 1.165) is 19.4 Å². The molecule has 0 radical (unpaired) electrons. The van der Waals surface area contributed by atoms with Crippen molar-refractivity contribution in [3.05, 3.63) is 45.6 Å². The molecule has 0 aliphatic carbocycles. The van der Waals surface area contributed by atoms with Gasteiger partial charge in [-0.25, -0.2) is 0 Å². The Morgan fingerprint density at radius 2 is 2.07 bits per heavy atom. The van der Waals surface area contributed by atoms with Crippen LogP contribution in [0.2, 0.25) is 10.0 Å². The number of nitrogens with one attached hydrogen (secondary N) is 1. The Bertz CT molecular complexity index is 372. The molecule has 1 nitrogen and oxygen atoms in total.